The van der Waals surface area contributed by atoms with E-state index in [9.17, 15) is 9.90 Å². The number of rotatable bonds is 4. The molecule has 1 saturated heterocycles. The topological polar surface area (TPSA) is 43.8 Å². The molecule has 0 aromatic heterocycles. The number of amides is 1. The second kappa shape index (κ2) is 6.41. The standard InChI is InChI=1S/C14H26N2O2/c1-2-3-10-16(14(17)18)15-11-5-4-7-12-8-6-9-13(12)15/h12-13H,2-11H2,1H3,(H,17,18). The summed E-state index contributed by atoms with van der Waals surface area (Å²) in [6.45, 7) is 3.70. The highest BCUT2D eigenvalue weighted by atomic mass is 16.4. The van der Waals surface area contributed by atoms with Crippen LogP contribution in [0, 0.1) is 5.92 Å². The van der Waals surface area contributed by atoms with Crippen LogP contribution in [0.25, 0.3) is 0 Å². The summed E-state index contributed by atoms with van der Waals surface area (Å²) in [4.78, 5) is 11.5. The van der Waals surface area contributed by atoms with E-state index in [1.807, 2.05) is 0 Å². The van der Waals surface area contributed by atoms with Crippen LogP contribution in [0.15, 0.2) is 0 Å². The van der Waals surface area contributed by atoms with Crippen LogP contribution in [0.5, 0.6) is 0 Å². The van der Waals surface area contributed by atoms with Gasteiger partial charge in [-0.25, -0.2) is 14.8 Å². The van der Waals surface area contributed by atoms with Crippen molar-refractivity contribution in [2.24, 2.45) is 5.92 Å². The molecular formula is C14H26N2O2. The second-order valence-corrected chi connectivity index (χ2v) is 5.68. The van der Waals surface area contributed by atoms with Crippen molar-refractivity contribution in [3.63, 3.8) is 0 Å². The maximum absolute atomic E-state index is 11.5. The summed E-state index contributed by atoms with van der Waals surface area (Å²) < 4.78 is 0. The SMILES string of the molecule is CCCCN(C(=O)O)N1CCCCC2CCCC21. The van der Waals surface area contributed by atoms with Crippen LogP contribution in [0.3, 0.4) is 0 Å². The van der Waals surface area contributed by atoms with Gasteiger partial charge in [0.05, 0.1) is 0 Å². The summed E-state index contributed by atoms with van der Waals surface area (Å²) in [5, 5.41) is 13.2. The van der Waals surface area contributed by atoms with E-state index < -0.39 is 6.09 Å². The normalized spacial score (nSPS) is 28.7. The Balaban J connectivity index is 2.07. The highest BCUT2D eigenvalue weighted by molar-refractivity contribution is 5.64. The van der Waals surface area contributed by atoms with E-state index in [0.29, 0.717) is 12.6 Å². The lowest BCUT2D eigenvalue weighted by Crippen LogP contribution is -2.52. The molecule has 1 N–H and O–H groups in total. The van der Waals surface area contributed by atoms with Gasteiger partial charge in [-0.3, -0.25) is 0 Å². The van der Waals surface area contributed by atoms with Gasteiger partial charge in [-0.2, -0.15) is 0 Å². The molecule has 18 heavy (non-hydrogen) atoms. The molecule has 0 bridgehead atoms. The first-order chi connectivity index (χ1) is 8.74. The summed E-state index contributed by atoms with van der Waals surface area (Å²) in [6, 6.07) is 0.487. The maximum Gasteiger partial charge on any atom is 0.421 e. The third-order valence-electron chi connectivity index (χ3n) is 4.47. The molecule has 0 aromatic carbocycles. The van der Waals surface area contributed by atoms with Crippen LogP contribution in [-0.4, -0.2) is 40.3 Å². The van der Waals surface area contributed by atoms with E-state index in [2.05, 4.69) is 11.9 Å². The Labute approximate surface area is 110 Å². The van der Waals surface area contributed by atoms with E-state index in [1.165, 1.54) is 32.1 Å². The van der Waals surface area contributed by atoms with Gasteiger partial charge in [0.2, 0.25) is 0 Å². The van der Waals surface area contributed by atoms with Crippen molar-refractivity contribution < 1.29 is 9.90 Å². The van der Waals surface area contributed by atoms with Crippen LogP contribution in [0.2, 0.25) is 0 Å². The molecule has 1 heterocycles. The number of unbranched alkanes of at least 4 members (excludes halogenated alkanes) is 1. The molecule has 104 valence electrons. The third-order valence-corrected chi connectivity index (χ3v) is 4.47. The lowest BCUT2D eigenvalue weighted by Gasteiger charge is -2.38. The Bertz CT molecular complexity index is 283. The zero-order chi connectivity index (χ0) is 13.0. The highest BCUT2D eigenvalue weighted by Crippen LogP contribution is 2.36. The van der Waals surface area contributed by atoms with E-state index in [-0.39, 0.29) is 0 Å². The largest absolute Gasteiger partial charge is 0.464 e. The fourth-order valence-corrected chi connectivity index (χ4v) is 3.53. The molecule has 2 rings (SSSR count). The molecule has 1 aliphatic carbocycles. The van der Waals surface area contributed by atoms with Crippen molar-refractivity contribution in [3.8, 4) is 0 Å². The van der Waals surface area contributed by atoms with Gasteiger partial charge < -0.3 is 5.11 Å². The molecule has 1 saturated carbocycles. The van der Waals surface area contributed by atoms with E-state index in [1.54, 1.807) is 5.01 Å². The van der Waals surface area contributed by atoms with Gasteiger partial charge in [-0.1, -0.05) is 26.2 Å². The summed E-state index contributed by atoms with van der Waals surface area (Å²) in [5.74, 6) is 0.732. The predicted molar refractivity (Wildman–Crippen MR) is 71.3 cm³/mol. The second-order valence-electron chi connectivity index (χ2n) is 5.68. The molecular weight excluding hydrogens is 228 g/mol. The molecule has 2 aliphatic rings. The summed E-state index contributed by atoms with van der Waals surface area (Å²) in [5.41, 5.74) is 0. The number of hydrazine groups is 1. The molecule has 1 aliphatic heterocycles. The molecule has 4 heteroatoms. The number of carboxylic acid groups (broad SMARTS) is 1. The van der Waals surface area contributed by atoms with E-state index >= 15 is 0 Å². The first-order valence-electron chi connectivity index (χ1n) is 7.51. The minimum Gasteiger partial charge on any atom is -0.464 e. The molecule has 2 unspecified atom stereocenters. The van der Waals surface area contributed by atoms with Crippen LogP contribution in [-0.2, 0) is 0 Å². The smallest absolute Gasteiger partial charge is 0.421 e. The maximum atomic E-state index is 11.5. The van der Waals surface area contributed by atoms with Crippen molar-refractivity contribution in [2.45, 2.75) is 64.3 Å². The molecule has 4 nitrogen and oxygen atoms in total. The number of fused-ring (bicyclic) bond motifs is 1. The van der Waals surface area contributed by atoms with Gasteiger partial charge in [-0.15, -0.1) is 0 Å². The van der Waals surface area contributed by atoms with Gasteiger partial charge in [0, 0.05) is 19.1 Å². The average Bonchev–Trinajstić information content (AvgIpc) is 2.72. The minimum absolute atomic E-state index is 0.487. The molecule has 2 atom stereocenters. The Morgan fingerprint density at radius 3 is 2.78 bits per heavy atom. The van der Waals surface area contributed by atoms with Crippen molar-refractivity contribution >= 4 is 6.09 Å². The molecule has 0 aromatic rings. The van der Waals surface area contributed by atoms with Crippen molar-refractivity contribution in [1.29, 1.82) is 0 Å². The number of hydrogen-bond acceptors (Lipinski definition) is 2. The van der Waals surface area contributed by atoms with E-state index in [4.69, 9.17) is 0 Å². The predicted octanol–water partition coefficient (Wildman–Crippen LogP) is 3.34. The van der Waals surface area contributed by atoms with Gasteiger partial charge >= 0.3 is 6.09 Å². The van der Waals surface area contributed by atoms with Gasteiger partial charge in [0.1, 0.15) is 0 Å². The highest BCUT2D eigenvalue weighted by Gasteiger charge is 2.37. The van der Waals surface area contributed by atoms with E-state index in [0.717, 1.165) is 31.7 Å². The fraction of sp³-hybridized carbons (Fsp3) is 0.929. The first kappa shape index (κ1) is 13.7. The lowest BCUT2D eigenvalue weighted by molar-refractivity contribution is -0.0479. The van der Waals surface area contributed by atoms with Crippen molar-refractivity contribution in [1.82, 2.24) is 10.0 Å². The van der Waals surface area contributed by atoms with Gasteiger partial charge in [-0.05, 0) is 38.0 Å². The zero-order valence-electron chi connectivity index (χ0n) is 11.5. The van der Waals surface area contributed by atoms with Gasteiger partial charge in [0.15, 0.2) is 0 Å². The molecule has 2 fully saturated rings. The first-order valence-corrected chi connectivity index (χ1v) is 7.51. The monoisotopic (exact) mass is 254 g/mol. The quantitative estimate of drug-likeness (QED) is 0.836. The third kappa shape index (κ3) is 2.97. The number of nitrogens with zero attached hydrogens (tertiary/aromatic N) is 2. The molecule has 0 spiro atoms. The zero-order valence-corrected chi connectivity index (χ0v) is 11.5. The number of carbonyl (C=O) groups is 1. The molecule has 0 radical (unpaired) electrons. The van der Waals surface area contributed by atoms with Gasteiger partial charge in [0.25, 0.3) is 0 Å². The van der Waals surface area contributed by atoms with Crippen LogP contribution in [0.1, 0.15) is 58.3 Å². The lowest BCUT2D eigenvalue weighted by atomic mass is 9.98. The minimum atomic E-state index is -0.768. The average molecular weight is 254 g/mol. The Morgan fingerprint density at radius 2 is 2.06 bits per heavy atom. The van der Waals surface area contributed by atoms with Crippen molar-refractivity contribution in [2.75, 3.05) is 13.1 Å². The Morgan fingerprint density at radius 1 is 1.28 bits per heavy atom. The summed E-state index contributed by atoms with van der Waals surface area (Å²) in [7, 11) is 0. The number of hydrogen-bond donors (Lipinski definition) is 1. The summed E-state index contributed by atoms with van der Waals surface area (Å²) in [6.07, 6.45) is 8.68. The fourth-order valence-electron chi connectivity index (χ4n) is 3.53. The Hall–Kier alpha value is -0.770. The van der Waals surface area contributed by atoms with Crippen molar-refractivity contribution in [3.05, 3.63) is 0 Å². The Kier molecular flexibility index (Phi) is 4.87. The van der Waals surface area contributed by atoms with Crippen LogP contribution >= 0.6 is 0 Å². The summed E-state index contributed by atoms with van der Waals surface area (Å²) >= 11 is 0. The molecule has 1 amide bonds. The van der Waals surface area contributed by atoms with Crippen LogP contribution in [0.4, 0.5) is 4.79 Å². The van der Waals surface area contributed by atoms with Crippen LogP contribution < -0.4 is 0 Å².